The van der Waals surface area contributed by atoms with Crippen LogP contribution in [0, 0.1) is 0 Å². The summed E-state index contributed by atoms with van der Waals surface area (Å²) >= 11 is 0. The zero-order chi connectivity index (χ0) is 41.2. The molecule has 0 rings (SSSR count). The molecule has 4 heteroatoms. The number of carboxylic acid groups (broad SMARTS) is 2. The monoisotopic (exact) mass is 803 g/mol. The van der Waals surface area contributed by atoms with Crippen LogP contribution in [0.5, 0.6) is 0 Å². The van der Waals surface area contributed by atoms with Gasteiger partial charge in [-0.3, -0.25) is 4.79 Å². The van der Waals surface area contributed by atoms with Crippen LogP contribution in [0.4, 0.5) is 0 Å². The van der Waals surface area contributed by atoms with Gasteiger partial charge in [-0.25, -0.2) is 4.79 Å². The van der Waals surface area contributed by atoms with Gasteiger partial charge in [-0.15, -0.1) is 0 Å². The molecule has 0 aliphatic heterocycles. The first-order valence-electron chi connectivity index (χ1n) is 26.2. The topological polar surface area (TPSA) is 74.6 Å². The molecule has 0 heterocycles. The molecule has 0 atom stereocenters. The van der Waals surface area contributed by atoms with Gasteiger partial charge in [0, 0.05) is 12.5 Å². The van der Waals surface area contributed by atoms with Crippen molar-refractivity contribution >= 4 is 11.9 Å². The molecule has 0 saturated heterocycles. The molecule has 0 aliphatic rings. The molecule has 0 unspecified atom stereocenters. The fourth-order valence-corrected chi connectivity index (χ4v) is 8.68. The van der Waals surface area contributed by atoms with E-state index in [-0.39, 0.29) is 0 Å². The second-order valence-corrected chi connectivity index (χ2v) is 18.3. The predicted molar refractivity (Wildman–Crippen MR) is 251 cm³/mol. The number of carboxylic acids is 2. The highest BCUT2D eigenvalue weighted by Crippen LogP contribution is 2.19. The van der Waals surface area contributed by atoms with Crippen LogP contribution >= 0.6 is 0 Å². The molecule has 0 aromatic heterocycles. The van der Waals surface area contributed by atoms with Gasteiger partial charge in [0.05, 0.1) is 0 Å². The zero-order valence-electron chi connectivity index (χ0n) is 38.5. The summed E-state index contributed by atoms with van der Waals surface area (Å²) in [4.78, 5) is 20.9. The van der Waals surface area contributed by atoms with Gasteiger partial charge in [-0.2, -0.15) is 0 Å². The molecule has 0 aromatic rings. The van der Waals surface area contributed by atoms with E-state index in [0.29, 0.717) is 6.42 Å². The summed E-state index contributed by atoms with van der Waals surface area (Å²) in [6.07, 6.45) is 70.1. The normalized spacial score (nSPS) is 11.6. The van der Waals surface area contributed by atoms with Crippen LogP contribution in [-0.4, -0.2) is 22.2 Å². The third kappa shape index (κ3) is 54.7. The Labute approximate surface area is 357 Å². The van der Waals surface area contributed by atoms with E-state index < -0.39 is 11.9 Å². The minimum absolute atomic E-state index is 0.343. The Kier molecular flexibility index (Phi) is 49.6. The smallest absolute Gasteiger partial charge is 0.327 e. The van der Waals surface area contributed by atoms with Gasteiger partial charge in [0.15, 0.2) is 0 Å². The molecule has 338 valence electrons. The van der Waals surface area contributed by atoms with Crippen molar-refractivity contribution in [3.63, 3.8) is 0 Å². The Hall–Kier alpha value is -1.32. The van der Waals surface area contributed by atoms with Crippen molar-refractivity contribution in [3.05, 3.63) is 12.2 Å². The number of unbranched alkanes of at least 4 members (excludes halogenated alkanes) is 47. The number of allylic oxidation sites excluding steroid dienone is 1. The number of rotatable bonds is 51. The van der Waals surface area contributed by atoms with Gasteiger partial charge in [0.2, 0.25) is 0 Å². The molecular formula is C53H102O4. The molecule has 0 amide bonds. The summed E-state index contributed by atoms with van der Waals surface area (Å²) in [7, 11) is 0. The average molecular weight is 803 g/mol. The predicted octanol–water partition coefficient (Wildman–Crippen LogP) is 18.8. The quantitative estimate of drug-likeness (QED) is 0.0474. The minimum atomic E-state index is -0.830. The van der Waals surface area contributed by atoms with Crippen molar-refractivity contribution in [1.29, 1.82) is 0 Å². The van der Waals surface area contributed by atoms with E-state index in [0.717, 1.165) is 25.7 Å². The summed E-state index contributed by atoms with van der Waals surface area (Å²) in [5.74, 6) is -1.48. The Morgan fingerprint density at radius 3 is 0.561 bits per heavy atom. The van der Waals surface area contributed by atoms with Crippen LogP contribution in [0.25, 0.3) is 0 Å². The Balaban J connectivity index is 3.07. The molecule has 4 nitrogen and oxygen atoms in total. The van der Waals surface area contributed by atoms with E-state index in [1.807, 2.05) is 0 Å². The third-order valence-electron chi connectivity index (χ3n) is 12.5. The van der Waals surface area contributed by atoms with Crippen molar-refractivity contribution in [2.75, 3.05) is 0 Å². The molecule has 2 N–H and O–H groups in total. The van der Waals surface area contributed by atoms with Crippen molar-refractivity contribution in [3.8, 4) is 0 Å². The maximum atomic E-state index is 10.5. The molecule has 0 fully saturated rings. The number of hydrogen-bond donors (Lipinski definition) is 2. The minimum Gasteiger partial charge on any atom is -0.481 e. The van der Waals surface area contributed by atoms with Gasteiger partial charge in [-0.1, -0.05) is 295 Å². The maximum absolute atomic E-state index is 10.5. The van der Waals surface area contributed by atoms with Crippen LogP contribution in [0.3, 0.4) is 0 Å². The number of aliphatic carboxylic acids is 2. The van der Waals surface area contributed by atoms with E-state index in [2.05, 4.69) is 0 Å². The largest absolute Gasteiger partial charge is 0.481 e. The summed E-state index contributed by atoms with van der Waals surface area (Å²) in [5, 5.41) is 17.2. The fourth-order valence-electron chi connectivity index (χ4n) is 8.68. The molecule has 0 radical (unpaired) electrons. The maximum Gasteiger partial charge on any atom is 0.327 e. The van der Waals surface area contributed by atoms with Crippen molar-refractivity contribution in [2.24, 2.45) is 0 Å². The number of carbonyl (C=O) groups is 2. The molecule has 0 aromatic carbocycles. The van der Waals surface area contributed by atoms with E-state index in [4.69, 9.17) is 10.2 Å². The third-order valence-corrected chi connectivity index (χ3v) is 12.5. The van der Waals surface area contributed by atoms with Crippen LogP contribution in [-0.2, 0) is 9.59 Å². The van der Waals surface area contributed by atoms with Gasteiger partial charge in [0.1, 0.15) is 0 Å². The second kappa shape index (κ2) is 50.8. The number of hydrogen-bond acceptors (Lipinski definition) is 2. The lowest BCUT2D eigenvalue weighted by Gasteiger charge is -2.05. The Morgan fingerprint density at radius 2 is 0.404 bits per heavy atom. The molecular weight excluding hydrogens is 701 g/mol. The SMILES string of the molecule is O=C(O)C=CCCCCCCCCCCCCCCCCCCCCCCCCCCCCCCCCCCCCCCCCCCCCCCCCCC(=O)O. The van der Waals surface area contributed by atoms with Crippen LogP contribution in [0.1, 0.15) is 315 Å². The van der Waals surface area contributed by atoms with E-state index >= 15 is 0 Å². The molecule has 57 heavy (non-hydrogen) atoms. The summed E-state index contributed by atoms with van der Waals surface area (Å²) < 4.78 is 0. The summed E-state index contributed by atoms with van der Waals surface area (Å²) in [5.41, 5.74) is 0. The second-order valence-electron chi connectivity index (χ2n) is 18.3. The first-order chi connectivity index (χ1) is 28.1. The van der Waals surface area contributed by atoms with Crippen molar-refractivity contribution in [2.45, 2.75) is 315 Å². The summed E-state index contributed by atoms with van der Waals surface area (Å²) in [6, 6.07) is 0. The molecule has 0 aliphatic carbocycles. The van der Waals surface area contributed by atoms with Gasteiger partial charge >= 0.3 is 11.9 Å². The lowest BCUT2D eigenvalue weighted by Crippen LogP contribution is -1.93. The fraction of sp³-hybridized carbons (Fsp3) is 0.925. The average Bonchev–Trinajstić information content (AvgIpc) is 3.19. The molecule has 0 bridgehead atoms. The van der Waals surface area contributed by atoms with Gasteiger partial charge in [-0.05, 0) is 19.3 Å². The highest BCUT2D eigenvalue weighted by atomic mass is 16.4. The standard InChI is InChI=1S/C53H102O4/c54-52(55)50-48-46-44-42-40-38-36-34-32-30-28-26-24-22-20-18-16-14-12-10-8-6-4-2-1-3-5-7-9-11-13-15-17-19-21-23-25-27-29-31-33-35-37-39-41-43-45-47-49-51-53(56)57/h48,50H,1-47,49,51H2,(H,54,55)(H,56,57). The highest BCUT2D eigenvalue weighted by molar-refractivity contribution is 5.79. The van der Waals surface area contributed by atoms with Gasteiger partial charge < -0.3 is 10.2 Å². The lowest BCUT2D eigenvalue weighted by atomic mass is 10.0. The summed E-state index contributed by atoms with van der Waals surface area (Å²) in [6.45, 7) is 0. The first kappa shape index (κ1) is 55.7. The molecule has 0 spiro atoms. The Morgan fingerprint density at radius 1 is 0.246 bits per heavy atom. The zero-order valence-corrected chi connectivity index (χ0v) is 38.5. The van der Waals surface area contributed by atoms with Crippen LogP contribution < -0.4 is 0 Å². The van der Waals surface area contributed by atoms with Crippen LogP contribution in [0.15, 0.2) is 12.2 Å². The molecule has 0 saturated carbocycles. The van der Waals surface area contributed by atoms with Crippen molar-refractivity contribution in [1.82, 2.24) is 0 Å². The first-order valence-corrected chi connectivity index (χ1v) is 26.2. The van der Waals surface area contributed by atoms with Crippen molar-refractivity contribution < 1.29 is 19.8 Å². The van der Waals surface area contributed by atoms with E-state index in [1.54, 1.807) is 6.08 Å². The van der Waals surface area contributed by atoms with E-state index in [9.17, 15) is 9.59 Å². The van der Waals surface area contributed by atoms with Crippen LogP contribution in [0.2, 0.25) is 0 Å². The van der Waals surface area contributed by atoms with Gasteiger partial charge in [0.25, 0.3) is 0 Å². The highest BCUT2D eigenvalue weighted by Gasteiger charge is 2.00. The van der Waals surface area contributed by atoms with E-state index in [1.165, 1.54) is 289 Å². The lowest BCUT2D eigenvalue weighted by molar-refractivity contribution is -0.137. The Bertz CT molecular complexity index is 807.